The van der Waals surface area contributed by atoms with Gasteiger partial charge in [0.15, 0.2) is 0 Å². The molecule has 0 saturated carbocycles. The van der Waals surface area contributed by atoms with Crippen molar-refractivity contribution in [3.63, 3.8) is 0 Å². The fourth-order valence-electron chi connectivity index (χ4n) is 2.86. The molecular weight excluding hydrogens is 416 g/mol. The van der Waals surface area contributed by atoms with Crippen LogP contribution in [-0.2, 0) is 30.7 Å². The molecule has 0 aromatic heterocycles. The van der Waals surface area contributed by atoms with Crippen LogP contribution in [-0.4, -0.2) is 57.0 Å². The number of nitrogens with zero attached hydrogens (tertiary/aromatic N) is 2. The van der Waals surface area contributed by atoms with Crippen molar-refractivity contribution < 1.29 is 32.3 Å². The van der Waals surface area contributed by atoms with Crippen molar-refractivity contribution in [3.05, 3.63) is 58.1 Å². The molecule has 160 valence electrons. The number of nitro benzene ring substituents is 1. The minimum atomic E-state index is -3.88. The van der Waals surface area contributed by atoms with Crippen LogP contribution in [0.15, 0.2) is 47.4 Å². The number of benzene rings is 2. The van der Waals surface area contributed by atoms with Gasteiger partial charge in [-0.1, -0.05) is 12.1 Å². The summed E-state index contributed by atoms with van der Waals surface area (Å²) in [7, 11) is -2.58. The van der Waals surface area contributed by atoms with Crippen LogP contribution < -0.4 is 4.74 Å². The summed E-state index contributed by atoms with van der Waals surface area (Å²) in [5, 5.41) is 11.5. The lowest BCUT2D eigenvalue weighted by Crippen LogP contribution is -2.40. The number of carbonyl (C=O) groups excluding carboxylic acids is 1. The van der Waals surface area contributed by atoms with Crippen molar-refractivity contribution in [1.29, 1.82) is 0 Å². The Morgan fingerprint density at radius 1 is 1.17 bits per heavy atom. The summed E-state index contributed by atoms with van der Waals surface area (Å²) < 4.78 is 42.1. The van der Waals surface area contributed by atoms with E-state index in [1.165, 1.54) is 23.5 Å². The SMILES string of the molecule is COC(=O)Cc1ccc(Oc2ccc(S(=O)(=O)N3CCOCC3)cc2[N+](=O)[O-])cc1. The predicted molar refractivity (Wildman–Crippen MR) is 105 cm³/mol. The van der Waals surface area contributed by atoms with E-state index in [-0.39, 0.29) is 43.4 Å². The molecule has 1 heterocycles. The standard InChI is InChI=1S/C19H20N2O8S/c1-27-19(22)12-14-2-4-15(5-3-14)29-18-7-6-16(13-17(18)21(23)24)30(25,26)20-8-10-28-11-9-20/h2-7,13H,8-12H2,1H3. The van der Waals surface area contributed by atoms with Gasteiger partial charge in [0.05, 0.1) is 36.6 Å². The predicted octanol–water partition coefficient (Wildman–Crippen LogP) is 2.12. The molecule has 10 nitrogen and oxygen atoms in total. The Bertz CT molecular complexity index is 1030. The Morgan fingerprint density at radius 3 is 2.43 bits per heavy atom. The van der Waals surface area contributed by atoms with E-state index in [2.05, 4.69) is 4.74 Å². The Balaban J connectivity index is 1.83. The van der Waals surface area contributed by atoms with Crippen molar-refractivity contribution >= 4 is 21.7 Å². The number of hydrogen-bond donors (Lipinski definition) is 0. The lowest BCUT2D eigenvalue weighted by atomic mass is 10.1. The fraction of sp³-hybridized carbons (Fsp3) is 0.316. The first-order valence-corrected chi connectivity index (χ1v) is 10.4. The summed E-state index contributed by atoms with van der Waals surface area (Å²) >= 11 is 0. The van der Waals surface area contributed by atoms with Crippen LogP contribution in [0.3, 0.4) is 0 Å². The molecule has 0 unspecified atom stereocenters. The molecule has 0 atom stereocenters. The van der Waals surface area contributed by atoms with E-state index in [1.54, 1.807) is 24.3 Å². The summed E-state index contributed by atoms with van der Waals surface area (Å²) in [6, 6.07) is 9.91. The van der Waals surface area contributed by atoms with Crippen LogP contribution in [0, 0.1) is 10.1 Å². The monoisotopic (exact) mass is 436 g/mol. The van der Waals surface area contributed by atoms with Gasteiger partial charge in [-0.15, -0.1) is 0 Å². The zero-order valence-corrected chi connectivity index (χ0v) is 17.0. The number of esters is 1. The Kier molecular flexibility index (Phi) is 6.65. The summed E-state index contributed by atoms with van der Waals surface area (Å²) in [6.07, 6.45) is 0.0883. The zero-order chi connectivity index (χ0) is 21.7. The molecule has 0 spiro atoms. The first kappa shape index (κ1) is 21.7. The number of ether oxygens (including phenoxy) is 3. The van der Waals surface area contributed by atoms with Gasteiger partial charge in [-0.05, 0) is 29.8 Å². The minimum absolute atomic E-state index is 0.0883. The highest BCUT2D eigenvalue weighted by atomic mass is 32.2. The number of carbonyl (C=O) groups is 1. The van der Waals surface area contributed by atoms with Crippen molar-refractivity contribution in [2.45, 2.75) is 11.3 Å². The van der Waals surface area contributed by atoms with Crippen LogP contribution in [0.5, 0.6) is 11.5 Å². The first-order chi connectivity index (χ1) is 14.3. The Labute approximate surface area is 173 Å². The van der Waals surface area contributed by atoms with Gasteiger partial charge in [0.2, 0.25) is 15.8 Å². The quantitative estimate of drug-likeness (QED) is 0.367. The van der Waals surface area contributed by atoms with E-state index in [0.717, 1.165) is 6.07 Å². The first-order valence-electron chi connectivity index (χ1n) is 9.01. The molecule has 0 N–H and O–H groups in total. The number of morpholine rings is 1. The normalized spacial score (nSPS) is 14.8. The van der Waals surface area contributed by atoms with E-state index >= 15 is 0 Å². The molecule has 2 aromatic carbocycles. The van der Waals surface area contributed by atoms with Crippen molar-refractivity contribution in [2.75, 3.05) is 33.4 Å². The maximum atomic E-state index is 12.8. The maximum Gasteiger partial charge on any atom is 0.312 e. The van der Waals surface area contributed by atoms with Gasteiger partial charge in [-0.2, -0.15) is 4.31 Å². The van der Waals surface area contributed by atoms with Crippen molar-refractivity contribution in [1.82, 2.24) is 4.31 Å². The molecule has 1 aliphatic rings. The third-order valence-electron chi connectivity index (χ3n) is 4.46. The molecule has 0 aliphatic carbocycles. The summed E-state index contributed by atoms with van der Waals surface area (Å²) in [5.41, 5.74) is 0.221. The number of hydrogen-bond acceptors (Lipinski definition) is 8. The number of sulfonamides is 1. The largest absolute Gasteiger partial charge is 0.469 e. The lowest BCUT2D eigenvalue weighted by Gasteiger charge is -2.26. The molecule has 1 saturated heterocycles. The van der Waals surface area contributed by atoms with Crippen LogP contribution in [0.4, 0.5) is 5.69 Å². The molecule has 0 bridgehead atoms. The van der Waals surface area contributed by atoms with Crippen LogP contribution >= 0.6 is 0 Å². The molecular formula is C19H20N2O8S. The molecule has 2 aromatic rings. The molecule has 0 radical (unpaired) electrons. The van der Waals surface area contributed by atoms with Crippen LogP contribution in [0.1, 0.15) is 5.56 Å². The van der Waals surface area contributed by atoms with Gasteiger partial charge in [0, 0.05) is 19.2 Å². The molecule has 1 aliphatic heterocycles. The Morgan fingerprint density at radius 2 is 1.83 bits per heavy atom. The van der Waals surface area contributed by atoms with Crippen LogP contribution in [0.25, 0.3) is 0 Å². The van der Waals surface area contributed by atoms with E-state index in [9.17, 15) is 23.3 Å². The number of nitro groups is 1. The molecule has 1 fully saturated rings. The zero-order valence-electron chi connectivity index (χ0n) is 16.1. The average Bonchev–Trinajstić information content (AvgIpc) is 2.75. The van der Waals surface area contributed by atoms with Gasteiger partial charge in [0.25, 0.3) is 0 Å². The van der Waals surface area contributed by atoms with Gasteiger partial charge in [-0.3, -0.25) is 14.9 Å². The van der Waals surface area contributed by atoms with Crippen molar-refractivity contribution in [2.24, 2.45) is 0 Å². The third-order valence-corrected chi connectivity index (χ3v) is 6.36. The highest BCUT2D eigenvalue weighted by molar-refractivity contribution is 7.89. The third kappa shape index (κ3) is 4.93. The van der Waals surface area contributed by atoms with E-state index in [4.69, 9.17) is 9.47 Å². The van der Waals surface area contributed by atoms with Gasteiger partial charge in [0.1, 0.15) is 5.75 Å². The molecule has 3 rings (SSSR count). The second-order valence-electron chi connectivity index (χ2n) is 6.40. The van der Waals surface area contributed by atoms with E-state index in [1.807, 2.05) is 0 Å². The lowest BCUT2D eigenvalue weighted by molar-refractivity contribution is -0.385. The average molecular weight is 436 g/mol. The van der Waals surface area contributed by atoms with Gasteiger partial charge in [-0.25, -0.2) is 8.42 Å². The Hall–Kier alpha value is -3.02. The second-order valence-corrected chi connectivity index (χ2v) is 8.34. The van der Waals surface area contributed by atoms with Crippen LogP contribution in [0.2, 0.25) is 0 Å². The minimum Gasteiger partial charge on any atom is -0.469 e. The number of rotatable bonds is 7. The summed E-state index contributed by atoms with van der Waals surface area (Å²) in [5.74, 6) is -0.187. The van der Waals surface area contributed by atoms with Gasteiger partial charge < -0.3 is 14.2 Å². The fourth-order valence-corrected chi connectivity index (χ4v) is 4.29. The summed E-state index contributed by atoms with van der Waals surface area (Å²) in [6.45, 7) is 0.918. The molecule has 30 heavy (non-hydrogen) atoms. The topological polar surface area (TPSA) is 125 Å². The van der Waals surface area contributed by atoms with Crippen molar-refractivity contribution in [3.8, 4) is 11.5 Å². The summed E-state index contributed by atoms with van der Waals surface area (Å²) in [4.78, 5) is 22.0. The number of methoxy groups -OCH3 is 1. The van der Waals surface area contributed by atoms with Gasteiger partial charge >= 0.3 is 11.7 Å². The maximum absolute atomic E-state index is 12.8. The smallest absolute Gasteiger partial charge is 0.312 e. The van der Waals surface area contributed by atoms with E-state index in [0.29, 0.717) is 11.3 Å². The highest BCUT2D eigenvalue weighted by Crippen LogP contribution is 2.34. The molecule has 11 heteroatoms. The second kappa shape index (κ2) is 9.20. The van der Waals surface area contributed by atoms with E-state index < -0.39 is 26.6 Å². The molecule has 0 amide bonds. The highest BCUT2D eigenvalue weighted by Gasteiger charge is 2.29.